The van der Waals surface area contributed by atoms with Crippen molar-refractivity contribution < 1.29 is 22.3 Å². The van der Waals surface area contributed by atoms with Crippen molar-refractivity contribution in [2.75, 3.05) is 12.9 Å². The molecule has 2 aliphatic rings. The number of carbonyl (C=O) groups is 1. The van der Waals surface area contributed by atoms with Crippen molar-refractivity contribution in [2.45, 2.75) is 58.3 Å². The molecule has 0 unspecified atom stereocenters. The predicted octanol–water partition coefficient (Wildman–Crippen LogP) is 3.99. The third kappa shape index (κ3) is 5.21. The monoisotopic (exact) mass is 397 g/mol. The molecule has 1 aromatic rings. The maximum Gasteiger partial charge on any atom is 0.267 e. The molecule has 0 atom stereocenters. The average molecular weight is 398 g/mol. The molecule has 1 N–H and O–H groups in total. The summed E-state index contributed by atoms with van der Waals surface area (Å²) >= 11 is 0. The highest BCUT2D eigenvalue weighted by atomic mass is 32.2. The normalized spacial score (nSPS) is 25.9. The van der Waals surface area contributed by atoms with Gasteiger partial charge >= 0.3 is 0 Å². The Kier molecular flexibility index (Phi) is 5.52. The highest BCUT2D eigenvalue weighted by Gasteiger charge is 2.33. The Hall–Kier alpha value is -1.63. The fraction of sp³-hybridized carbons (Fsp3) is 0.650. The average Bonchev–Trinajstić information content (AvgIpc) is 3.39. The van der Waals surface area contributed by atoms with Crippen molar-refractivity contribution in [3.63, 3.8) is 0 Å². The molecule has 1 amide bonds. The fourth-order valence-electron chi connectivity index (χ4n) is 3.66. The number of ether oxygens (including phenoxy) is 1. The maximum atomic E-state index is 14.5. The summed E-state index contributed by atoms with van der Waals surface area (Å²) in [6.07, 6.45) is 7.32. The Morgan fingerprint density at radius 1 is 1.26 bits per heavy atom. The van der Waals surface area contributed by atoms with Gasteiger partial charge in [0.15, 0.2) is 0 Å². The van der Waals surface area contributed by atoms with Crippen LogP contribution in [0.5, 0.6) is 5.75 Å². The maximum absolute atomic E-state index is 14.5. The number of halogens is 1. The summed E-state index contributed by atoms with van der Waals surface area (Å²) in [5.41, 5.74) is 0.617. The first-order valence-corrected chi connectivity index (χ1v) is 11.4. The standard InChI is InChI=1S/C20H28FNO4S/c1-13-6-8-20(2,9-7-13)12-26-18-11-17(21)16(10-15(18)14-4-5-14)19(23)22-27(3,24)25/h10-11,13-14H,4-9,12H2,1-3H3,(H,22,23)/t13-,20+. The third-order valence-corrected chi connectivity index (χ3v) is 6.25. The zero-order valence-corrected chi connectivity index (χ0v) is 17.0. The van der Waals surface area contributed by atoms with E-state index in [-0.39, 0.29) is 16.9 Å². The van der Waals surface area contributed by atoms with Crippen LogP contribution < -0.4 is 9.46 Å². The van der Waals surface area contributed by atoms with Crippen molar-refractivity contribution in [1.82, 2.24) is 4.72 Å². The Balaban J connectivity index is 1.79. The van der Waals surface area contributed by atoms with Gasteiger partial charge in [-0.15, -0.1) is 0 Å². The summed E-state index contributed by atoms with van der Waals surface area (Å²) in [7, 11) is -3.75. The summed E-state index contributed by atoms with van der Waals surface area (Å²) in [6, 6.07) is 2.69. The largest absolute Gasteiger partial charge is 0.493 e. The quantitative estimate of drug-likeness (QED) is 0.788. The highest BCUT2D eigenvalue weighted by Crippen LogP contribution is 2.46. The SMILES string of the molecule is CS(=O)(=O)NC(=O)c1cc(C2CC2)c(OC[C@]2(C)CC[C@H](C)CC2)cc1F. The second kappa shape index (κ2) is 7.41. The van der Waals surface area contributed by atoms with E-state index in [1.165, 1.54) is 25.0 Å². The summed E-state index contributed by atoms with van der Waals surface area (Å²) in [4.78, 5) is 12.1. The molecule has 0 bridgehead atoms. The molecule has 1 aromatic carbocycles. The van der Waals surface area contributed by atoms with Gasteiger partial charge in [0, 0.05) is 11.5 Å². The van der Waals surface area contributed by atoms with Crippen molar-refractivity contribution in [1.29, 1.82) is 0 Å². The van der Waals surface area contributed by atoms with E-state index in [0.29, 0.717) is 12.4 Å². The lowest BCUT2D eigenvalue weighted by Crippen LogP contribution is -2.31. The van der Waals surface area contributed by atoms with Crippen LogP contribution in [0.2, 0.25) is 0 Å². The second-order valence-corrected chi connectivity index (χ2v) is 10.4. The van der Waals surface area contributed by atoms with E-state index < -0.39 is 21.7 Å². The van der Waals surface area contributed by atoms with Crippen LogP contribution in [0, 0.1) is 17.2 Å². The molecule has 0 aliphatic heterocycles. The molecule has 7 heteroatoms. The smallest absolute Gasteiger partial charge is 0.267 e. The topological polar surface area (TPSA) is 72.5 Å². The Labute approximate surface area is 160 Å². The van der Waals surface area contributed by atoms with E-state index in [0.717, 1.165) is 43.4 Å². The number of amides is 1. The molecule has 0 spiro atoms. The molecule has 0 saturated heterocycles. The molecular weight excluding hydrogens is 369 g/mol. The van der Waals surface area contributed by atoms with Crippen molar-refractivity contribution >= 4 is 15.9 Å². The van der Waals surface area contributed by atoms with E-state index in [1.807, 2.05) is 4.72 Å². The van der Waals surface area contributed by atoms with Crippen LogP contribution in [0.1, 0.15) is 74.2 Å². The molecule has 0 radical (unpaired) electrons. The fourth-order valence-corrected chi connectivity index (χ4v) is 4.11. The minimum Gasteiger partial charge on any atom is -0.493 e. The van der Waals surface area contributed by atoms with E-state index in [9.17, 15) is 17.6 Å². The number of nitrogens with one attached hydrogen (secondary N) is 1. The Morgan fingerprint density at radius 2 is 1.89 bits per heavy atom. The van der Waals surface area contributed by atoms with E-state index in [2.05, 4.69) is 13.8 Å². The van der Waals surface area contributed by atoms with Crippen LogP contribution in [-0.4, -0.2) is 27.2 Å². The molecule has 0 heterocycles. The second-order valence-electron chi connectivity index (χ2n) is 8.63. The van der Waals surface area contributed by atoms with Crippen LogP contribution in [0.25, 0.3) is 0 Å². The summed E-state index contributed by atoms with van der Waals surface area (Å²) in [6.45, 7) is 5.00. The van der Waals surface area contributed by atoms with Crippen molar-refractivity contribution in [3.05, 3.63) is 29.1 Å². The van der Waals surface area contributed by atoms with Crippen LogP contribution in [0.4, 0.5) is 4.39 Å². The van der Waals surface area contributed by atoms with Crippen molar-refractivity contribution in [2.24, 2.45) is 11.3 Å². The number of rotatable bonds is 6. The molecule has 27 heavy (non-hydrogen) atoms. The zero-order valence-electron chi connectivity index (χ0n) is 16.2. The van der Waals surface area contributed by atoms with Gasteiger partial charge in [-0.25, -0.2) is 17.5 Å². The number of hydrogen-bond acceptors (Lipinski definition) is 4. The first-order chi connectivity index (χ1) is 12.6. The van der Waals surface area contributed by atoms with E-state index >= 15 is 0 Å². The lowest BCUT2D eigenvalue weighted by atomic mass is 9.73. The number of sulfonamides is 1. The Morgan fingerprint density at radius 3 is 2.44 bits per heavy atom. The molecular formula is C20H28FNO4S. The number of carbonyl (C=O) groups excluding carboxylic acids is 1. The van der Waals surface area contributed by atoms with Crippen LogP contribution >= 0.6 is 0 Å². The molecule has 2 saturated carbocycles. The molecule has 2 aliphatic carbocycles. The minimum atomic E-state index is -3.75. The molecule has 3 rings (SSSR count). The van der Waals surface area contributed by atoms with Crippen molar-refractivity contribution in [3.8, 4) is 5.75 Å². The zero-order chi connectivity index (χ0) is 19.8. The lowest BCUT2D eigenvalue weighted by molar-refractivity contribution is 0.0963. The summed E-state index contributed by atoms with van der Waals surface area (Å²) in [5.74, 6) is -0.254. The van der Waals surface area contributed by atoms with Crippen LogP contribution in [0.3, 0.4) is 0 Å². The molecule has 150 valence electrons. The Bertz CT molecular complexity index is 825. The predicted molar refractivity (Wildman–Crippen MR) is 102 cm³/mol. The number of benzene rings is 1. The van der Waals surface area contributed by atoms with Gasteiger partial charge in [-0.1, -0.05) is 26.7 Å². The third-order valence-electron chi connectivity index (χ3n) is 5.70. The minimum absolute atomic E-state index is 0.0795. The van der Waals surface area contributed by atoms with Gasteiger partial charge in [0.2, 0.25) is 10.0 Å². The summed E-state index contributed by atoms with van der Waals surface area (Å²) in [5, 5.41) is 0. The van der Waals surface area contributed by atoms with Gasteiger partial charge in [-0.2, -0.15) is 0 Å². The van der Waals surface area contributed by atoms with Gasteiger partial charge in [0.25, 0.3) is 5.91 Å². The van der Waals surface area contributed by atoms with Crippen LogP contribution in [0.15, 0.2) is 12.1 Å². The van der Waals surface area contributed by atoms with Gasteiger partial charge in [0.05, 0.1) is 18.4 Å². The van der Waals surface area contributed by atoms with Crippen LogP contribution in [-0.2, 0) is 10.0 Å². The lowest BCUT2D eigenvalue weighted by Gasteiger charge is -2.36. The van der Waals surface area contributed by atoms with Gasteiger partial charge in [-0.3, -0.25) is 4.79 Å². The molecule has 5 nitrogen and oxygen atoms in total. The highest BCUT2D eigenvalue weighted by molar-refractivity contribution is 7.89. The first-order valence-electron chi connectivity index (χ1n) is 9.55. The molecule has 2 fully saturated rings. The summed E-state index contributed by atoms with van der Waals surface area (Å²) < 4.78 is 45.0. The van der Waals surface area contributed by atoms with E-state index in [1.54, 1.807) is 0 Å². The van der Waals surface area contributed by atoms with Gasteiger partial charge in [-0.05, 0) is 49.1 Å². The number of hydrogen-bond donors (Lipinski definition) is 1. The molecule has 0 aromatic heterocycles. The van der Waals surface area contributed by atoms with Gasteiger partial charge in [0.1, 0.15) is 11.6 Å². The van der Waals surface area contributed by atoms with Gasteiger partial charge < -0.3 is 4.74 Å². The first kappa shape index (κ1) is 20.1. The van der Waals surface area contributed by atoms with E-state index in [4.69, 9.17) is 4.74 Å².